The topological polar surface area (TPSA) is 81.8 Å². The minimum atomic E-state index is -4.71. The minimum absolute atomic E-state index is 0.00768. The largest absolute Gasteiger partial charge is 0.416 e. The van der Waals surface area contributed by atoms with Gasteiger partial charge in [-0.15, -0.1) is 6.58 Å². The molecule has 0 radical (unpaired) electrons. The van der Waals surface area contributed by atoms with E-state index in [2.05, 4.69) is 17.2 Å². The van der Waals surface area contributed by atoms with E-state index in [1.165, 1.54) is 34.1 Å². The zero-order valence-electron chi connectivity index (χ0n) is 23.3. The molecule has 2 N–H and O–H groups in total. The van der Waals surface area contributed by atoms with E-state index in [0.717, 1.165) is 17.2 Å². The fourth-order valence-corrected chi connectivity index (χ4v) is 5.60. The molecule has 2 heterocycles. The van der Waals surface area contributed by atoms with Crippen molar-refractivity contribution in [1.82, 2.24) is 20.4 Å². The number of carbonyl (C=O) groups is 3. The van der Waals surface area contributed by atoms with E-state index in [4.69, 9.17) is 0 Å². The van der Waals surface area contributed by atoms with Crippen molar-refractivity contribution in [2.75, 3.05) is 19.6 Å². The molecule has 0 fully saturated rings. The lowest BCUT2D eigenvalue weighted by Gasteiger charge is -2.33. The van der Waals surface area contributed by atoms with Crippen molar-refractivity contribution in [3.05, 3.63) is 131 Å². The van der Waals surface area contributed by atoms with E-state index in [1.807, 2.05) is 60.7 Å². The van der Waals surface area contributed by atoms with Gasteiger partial charge in [-0.25, -0.2) is 4.79 Å². The maximum atomic E-state index is 14.2. The second-order valence-electron chi connectivity index (χ2n) is 10.4. The quantitative estimate of drug-likeness (QED) is 0.327. The number of amides is 4. The number of carbonyl (C=O) groups excluding carboxylic acids is 3. The number of hydrogen-bond acceptors (Lipinski definition) is 3. The van der Waals surface area contributed by atoms with Gasteiger partial charge in [-0.1, -0.05) is 84.9 Å². The van der Waals surface area contributed by atoms with Crippen LogP contribution in [0.5, 0.6) is 0 Å². The fourth-order valence-electron chi connectivity index (χ4n) is 5.60. The molecule has 2 aliphatic rings. The van der Waals surface area contributed by atoms with Crippen LogP contribution in [0.4, 0.5) is 18.0 Å². The molecule has 2 aliphatic heterocycles. The Morgan fingerprint density at radius 1 is 0.977 bits per heavy atom. The van der Waals surface area contributed by atoms with Crippen molar-refractivity contribution in [3.8, 4) is 0 Å². The number of hydrogen-bond donors (Lipinski definition) is 2. The Kier molecular flexibility index (Phi) is 8.66. The predicted molar refractivity (Wildman–Crippen MR) is 155 cm³/mol. The van der Waals surface area contributed by atoms with Crippen molar-refractivity contribution >= 4 is 17.8 Å². The van der Waals surface area contributed by atoms with Gasteiger partial charge in [0, 0.05) is 19.5 Å². The van der Waals surface area contributed by atoms with Crippen LogP contribution in [0.3, 0.4) is 0 Å². The van der Waals surface area contributed by atoms with E-state index in [9.17, 15) is 27.6 Å². The molecule has 3 aromatic carbocycles. The molecule has 5 rings (SSSR count). The number of alkyl halides is 3. The second-order valence-corrected chi connectivity index (χ2v) is 10.4. The van der Waals surface area contributed by atoms with Crippen LogP contribution in [0, 0.1) is 0 Å². The highest BCUT2D eigenvalue weighted by Crippen LogP contribution is 2.42. The van der Waals surface area contributed by atoms with E-state index in [1.54, 1.807) is 0 Å². The summed E-state index contributed by atoms with van der Waals surface area (Å²) in [4.78, 5) is 43.7. The Hall–Kier alpha value is -4.86. The third-order valence-corrected chi connectivity index (χ3v) is 7.65. The smallest absolute Gasteiger partial charge is 0.354 e. The summed E-state index contributed by atoms with van der Waals surface area (Å²) >= 11 is 0. The molecule has 0 unspecified atom stereocenters. The average molecular weight is 589 g/mol. The highest BCUT2D eigenvalue weighted by atomic mass is 19.4. The molecule has 0 aliphatic carbocycles. The van der Waals surface area contributed by atoms with Crippen LogP contribution >= 0.6 is 0 Å². The van der Waals surface area contributed by atoms with Crippen LogP contribution in [0.15, 0.2) is 109 Å². The Balaban J connectivity index is 1.49. The number of halogens is 3. The number of rotatable bonds is 10. The molecule has 4 amide bonds. The number of benzene rings is 3. The summed E-state index contributed by atoms with van der Waals surface area (Å²) in [5, 5.41) is 5.54. The van der Waals surface area contributed by atoms with Gasteiger partial charge in [0.25, 0.3) is 5.91 Å². The van der Waals surface area contributed by atoms with E-state index < -0.39 is 41.7 Å². The molecule has 0 saturated heterocycles. The first-order valence-corrected chi connectivity index (χ1v) is 13.9. The maximum absolute atomic E-state index is 14.2. The van der Waals surface area contributed by atoms with Crippen LogP contribution in [-0.2, 0) is 28.6 Å². The first-order valence-electron chi connectivity index (χ1n) is 13.9. The predicted octanol–water partition coefficient (Wildman–Crippen LogP) is 5.02. The van der Waals surface area contributed by atoms with Gasteiger partial charge in [0.1, 0.15) is 6.04 Å². The zero-order chi connectivity index (χ0) is 30.6. The first-order chi connectivity index (χ1) is 20.7. The van der Waals surface area contributed by atoms with Crippen molar-refractivity contribution in [1.29, 1.82) is 0 Å². The molecule has 43 heavy (non-hydrogen) atoms. The Labute approximate surface area is 247 Å². The lowest BCUT2D eigenvalue weighted by molar-refractivity contribution is -0.138. The van der Waals surface area contributed by atoms with E-state index in [0.29, 0.717) is 13.0 Å². The van der Waals surface area contributed by atoms with Gasteiger partial charge < -0.3 is 15.5 Å². The van der Waals surface area contributed by atoms with Gasteiger partial charge in [-0.2, -0.15) is 13.2 Å². The summed E-state index contributed by atoms with van der Waals surface area (Å²) < 4.78 is 42.1. The van der Waals surface area contributed by atoms with Gasteiger partial charge in [0.15, 0.2) is 0 Å². The number of nitrogens with zero attached hydrogens (tertiary/aromatic N) is 2. The highest BCUT2D eigenvalue weighted by Gasteiger charge is 2.48. The maximum Gasteiger partial charge on any atom is 0.416 e. The molecule has 2 atom stereocenters. The van der Waals surface area contributed by atoms with Crippen LogP contribution < -0.4 is 10.6 Å². The normalized spacial score (nSPS) is 17.4. The molecule has 0 spiro atoms. The molecule has 0 aromatic heterocycles. The third-order valence-electron chi connectivity index (χ3n) is 7.65. The van der Waals surface area contributed by atoms with Crippen molar-refractivity contribution in [2.45, 2.75) is 31.1 Å². The Morgan fingerprint density at radius 2 is 1.60 bits per heavy atom. The summed E-state index contributed by atoms with van der Waals surface area (Å²) in [6.07, 6.45) is -2.48. The highest BCUT2D eigenvalue weighted by molar-refractivity contribution is 6.03. The number of urea groups is 1. The summed E-state index contributed by atoms with van der Waals surface area (Å²) in [6, 6.07) is 20.7. The lowest BCUT2D eigenvalue weighted by atomic mass is 9.91. The molecule has 3 aromatic rings. The third kappa shape index (κ3) is 6.33. The molecule has 0 bridgehead atoms. The van der Waals surface area contributed by atoms with Gasteiger partial charge >= 0.3 is 12.2 Å². The Bertz CT molecular complexity index is 1540. The van der Waals surface area contributed by atoms with Crippen molar-refractivity contribution in [3.63, 3.8) is 0 Å². The SMILES string of the molecule is C=CCN1C(=O)N[C@@H](c2ccccc2C(F)(F)F)C2=C1CN([C@@H](Cc1ccccc1)C(=O)NCCc1ccccc1)C2=O. The Morgan fingerprint density at radius 3 is 2.26 bits per heavy atom. The van der Waals surface area contributed by atoms with Crippen molar-refractivity contribution < 1.29 is 27.6 Å². The fraction of sp³-hybridized carbons (Fsp3) is 0.242. The van der Waals surface area contributed by atoms with Crippen molar-refractivity contribution in [2.24, 2.45) is 0 Å². The average Bonchev–Trinajstić information content (AvgIpc) is 3.34. The van der Waals surface area contributed by atoms with Crippen LogP contribution in [-0.4, -0.2) is 53.3 Å². The van der Waals surface area contributed by atoms with E-state index >= 15 is 0 Å². The minimum Gasteiger partial charge on any atom is -0.354 e. The molecule has 7 nitrogen and oxygen atoms in total. The molecule has 222 valence electrons. The standard InChI is InChI=1S/C33H31F3N4O3/c1-2-19-39-27-21-40(31(42)28(27)29(38-32(39)43)24-15-9-10-16-25(24)33(34,35)36)26(20-23-13-7-4-8-14-23)30(41)37-18-17-22-11-5-3-6-12-22/h2-16,26,29H,1,17-21H2,(H,37,41)(H,38,43)/t26-,29-/m0/s1. The summed E-state index contributed by atoms with van der Waals surface area (Å²) in [5.74, 6) is -1.00. The van der Waals surface area contributed by atoms with Crippen LogP contribution in [0.2, 0.25) is 0 Å². The monoisotopic (exact) mass is 588 g/mol. The van der Waals surface area contributed by atoms with Gasteiger partial charge in [-0.05, 0) is 29.2 Å². The number of nitrogens with one attached hydrogen (secondary N) is 2. The van der Waals surface area contributed by atoms with Gasteiger partial charge in [-0.3, -0.25) is 14.5 Å². The molecule has 10 heteroatoms. The second kappa shape index (κ2) is 12.6. The molecular formula is C33H31F3N4O3. The van der Waals surface area contributed by atoms with Crippen LogP contribution in [0.1, 0.15) is 28.3 Å². The van der Waals surface area contributed by atoms with Crippen LogP contribution in [0.25, 0.3) is 0 Å². The lowest BCUT2D eigenvalue weighted by Crippen LogP contribution is -2.50. The summed E-state index contributed by atoms with van der Waals surface area (Å²) in [6.45, 7) is 3.93. The zero-order valence-corrected chi connectivity index (χ0v) is 23.3. The van der Waals surface area contributed by atoms with Gasteiger partial charge in [0.05, 0.1) is 29.4 Å². The summed E-state index contributed by atoms with van der Waals surface area (Å²) in [5.41, 5.74) is 0.914. The van der Waals surface area contributed by atoms with Gasteiger partial charge in [0.2, 0.25) is 5.91 Å². The first kappa shape index (κ1) is 29.6. The summed E-state index contributed by atoms with van der Waals surface area (Å²) in [7, 11) is 0. The molecule has 0 saturated carbocycles. The van der Waals surface area contributed by atoms with E-state index in [-0.39, 0.29) is 36.3 Å². The molecular weight excluding hydrogens is 557 g/mol.